The third-order valence-electron chi connectivity index (χ3n) is 4.10. The third kappa shape index (κ3) is 3.35. The molecule has 7 heteroatoms. The highest BCUT2D eigenvalue weighted by Gasteiger charge is 2.22. The number of rotatable bonds is 4. The molecule has 130 valence electrons. The summed E-state index contributed by atoms with van der Waals surface area (Å²) in [7, 11) is 0. The van der Waals surface area contributed by atoms with E-state index in [0.717, 1.165) is 21.3 Å². The van der Waals surface area contributed by atoms with Crippen LogP contribution in [0, 0.1) is 0 Å². The van der Waals surface area contributed by atoms with Crippen molar-refractivity contribution in [3.05, 3.63) is 70.9 Å². The highest BCUT2D eigenvalue weighted by Crippen LogP contribution is 2.21. The van der Waals surface area contributed by atoms with Gasteiger partial charge in [0, 0.05) is 6.54 Å². The van der Waals surface area contributed by atoms with Gasteiger partial charge in [0.25, 0.3) is 5.91 Å². The van der Waals surface area contributed by atoms with Crippen LogP contribution in [0.3, 0.4) is 0 Å². The Morgan fingerprint density at radius 3 is 2.88 bits per heavy atom. The van der Waals surface area contributed by atoms with Crippen LogP contribution in [0.15, 0.2) is 64.7 Å². The van der Waals surface area contributed by atoms with Crippen LogP contribution in [0.4, 0.5) is 0 Å². The first-order valence-electron chi connectivity index (χ1n) is 8.19. The summed E-state index contributed by atoms with van der Waals surface area (Å²) in [6.45, 7) is 0.389. The quantitative estimate of drug-likeness (QED) is 0.621. The SMILES string of the molecule is NCC(NC1=N/C(=C\c2ccc3ncsc3c2)C(=O)N1)c1ccccc1. The van der Waals surface area contributed by atoms with Crippen LogP contribution in [-0.4, -0.2) is 23.4 Å². The van der Waals surface area contributed by atoms with Crippen molar-refractivity contribution in [2.45, 2.75) is 6.04 Å². The summed E-state index contributed by atoms with van der Waals surface area (Å²) in [4.78, 5) is 20.9. The summed E-state index contributed by atoms with van der Waals surface area (Å²) in [5.74, 6) is 0.181. The van der Waals surface area contributed by atoms with E-state index in [1.54, 1.807) is 22.9 Å². The van der Waals surface area contributed by atoms with E-state index in [4.69, 9.17) is 5.73 Å². The molecular weight excluding hydrogens is 346 g/mol. The molecule has 0 saturated carbocycles. The lowest BCUT2D eigenvalue weighted by molar-refractivity contribution is -0.115. The van der Waals surface area contributed by atoms with Crippen molar-refractivity contribution in [3.8, 4) is 0 Å². The second kappa shape index (κ2) is 7.07. The van der Waals surface area contributed by atoms with Gasteiger partial charge in [-0.2, -0.15) is 0 Å². The van der Waals surface area contributed by atoms with Crippen LogP contribution >= 0.6 is 11.3 Å². The Morgan fingerprint density at radius 2 is 2.08 bits per heavy atom. The largest absolute Gasteiger partial charge is 0.348 e. The standard InChI is InChI=1S/C19H17N5OS/c20-10-16(13-4-2-1-3-5-13)23-19-22-15(18(25)24-19)8-12-6-7-14-17(9-12)26-11-21-14/h1-9,11,16H,10,20H2,(H2,22,23,24,25)/b15-8-. The predicted octanol–water partition coefficient (Wildman–Crippen LogP) is 2.41. The van der Waals surface area contributed by atoms with Gasteiger partial charge in [0.15, 0.2) is 0 Å². The van der Waals surface area contributed by atoms with Gasteiger partial charge >= 0.3 is 0 Å². The number of carbonyl (C=O) groups is 1. The van der Waals surface area contributed by atoms with E-state index in [0.29, 0.717) is 18.2 Å². The summed E-state index contributed by atoms with van der Waals surface area (Å²) >= 11 is 1.57. The lowest BCUT2D eigenvalue weighted by atomic mass is 10.1. The molecule has 3 aromatic rings. The zero-order chi connectivity index (χ0) is 17.9. The molecule has 0 spiro atoms. The first-order valence-corrected chi connectivity index (χ1v) is 9.07. The molecule has 4 rings (SSSR count). The minimum atomic E-state index is -0.235. The maximum Gasteiger partial charge on any atom is 0.276 e. The maximum atomic E-state index is 12.2. The Kier molecular flexibility index (Phi) is 4.47. The van der Waals surface area contributed by atoms with Crippen LogP contribution in [0.25, 0.3) is 16.3 Å². The molecule has 0 saturated heterocycles. The summed E-state index contributed by atoms with van der Waals surface area (Å²) in [5.41, 5.74) is 10.9. The third-order valence-corrected chi connectivity index (χ3v) is 4.90. The highest BCUT2D eigenvalue weighted by atomic mass is 32.1. The molecule has 0 bridgehead atoms. The van der Waals surface area contributed by atoms with E-state index >= 15 is 0 Å². The molecule has 0 fully saturated rings. The fourth-order valence-corrected chi connectivity index (χ4v) is 3.51. The average molecular weight is 363 g/mol. The highest BCUT2D eigenvalue weighted by molar-refractivity contribution is 7.16. The maximum absolute atomic E-state index is 12.2. The molecule has 2 heterocycles. The van der Waals surface area contributed by atoms with Crippen LogP contribution in [-0.2, 0) is 4.79 Å². The van der Waals surface area contributed by atoms with Gasteiger partial charge in [-0.25, -0.2) is 9.98 Å². The van der Waals surface area contributed by atoms with Crippen LogP contribution in [0.5, 0.6) is 0 Å². The number of nitrogens with two attached hydrogens (primary N) is 1. The monoisotopic (exact) mass is 363 g/mol. The molecule has 1 unspecified atom stereocenters. The molecule has 26 heavy (non-hydrogen) atoms. The second-order valence-electron chi connectivity index (χ2n) is 5.87. The first kappa shape index (κ1) is 16.4. The first-order chi connectivity index (χ1) is 12.7. The fraction of sp³-hybridized carbons (Fsp3) is 0.105. The van der Waals surface area contributed by atoms with Gasteiger partial charge in [-0.15, -0.1) is 11.3 Å². The molecule has 2 aromatic carbocycles. The van der Waals surface area contributed by atoms with Crippen molar-refractivity contribution in [1.82, 2.24) is 15.6 Å². The molecule has 1 aliphatic rings. The average Bonchev–Trinajstić information content (AvgIpc) is 3.26. The number of amides is 1. The Balaban J connectivity index is 1.56. The number of guanidine groups is 1. The minimum Gasteiger partial charge on any atom is -0.348 e. The smallest absolute Gasteiger partial charge is 0.276 e. The van der Waals surface area contributed by atoms with E-state index in [9.17, 15) is 4.79 Å². The van der Waals surface area contributed by atoms with Crippen molar-refractivity contribution in [1.29, 1.82) is 0 Å². The number of hydrogen-bond donors (Lipinski definition) is 3. The molecule has 1 aliphatic heterocycles. The van der Waals surface area contributed by atoms with Crippen LogP contribution in [0.1, 0.15) is 17.2 Å². The predicted molar refractivity (Wildman–Crippen MR) is 105 cm³/mol. The summed E-state index contributed by atoms with van der Waals surface area (Å²) < 4.78 is 1.08. The van der Waals surface area contributed by atoms with Gasteiger partial charge in [-0.3, -0.25) is 10.1 Å². The number of carbonyl (C=O) groups excluding carboxylic acids is 1. The lowest BCUT2D eigenvalue weighted by Gasteiger charge is -2.17. The number of aromatic nitrogens is 1. The Morgan fingerprint density at radius 1 is 1.23 bits per heavy atom. The van der Waals surface area contributed by atoms with Crippen molar-refractivity contribution < 1.29 is 4.79 Å². The molecule has 1 amide bonds. The second-order valence-corrected chi connectivity index (χ2v) is 6.75. The minimum absolute atomic E-state index is 0.122. The van der Waals surface area contributed by atoms with Crippen LogP contribution in [0.2, 0.25) is 0 Å². The number of benzene rings is 2. The molecule has 1 atom stereocenters. The molecule has 1 aromatic heterocycles. The number of aliphatic imine (C=N–C) groups is 1. The fourth-order valence-electron chi connectivity index (χ4n) is 2.78. The van der Waals surface area contributed by atoms with Gasteiger partial charge < -0.3 is 11.1 Å². The number of nitrogens with one attached hydrogen (secondary N) is 2. The lowest BCUT2D eigenvalue weighted by Crippen LogP contribution is -2.40. The van der Waals surface area contributed by atoms with Gasteiger partial charge in [-0.05, 0) is 29.3 Å². The van der Waals surface area contributed by atoms with Gasteiger partial charge in [-0.1, -0.05) is 36.4 Å². The zero-order valence-corrected chi connectivity index (χ0v) is 14.7. The molecule has 0 radical (unpaired) electrons. The van der Waals surface area contributed by atoms with Crippen molar-refractivity contribution in [2.24, 2.45) is 10.7 Å². The normalized spacial score (nSPS) is 16.6. The van der Waals surface area contributed by atoms with Crippen LogP contribution < -0.4 is 16.4 Å². The van der Waals surface area contributed by atoms with E-state index in [-0.39, 0.29) is 11.9 Å². The number of hydrogen-bond acceptors (Lipinski definition) is 6. The number of thiazole rings is 1. The van der Waals surface area contributed by atoms with Gasteiger partial charge in [0.1, 0.15) is 5.70 Å². The summed E-state index contributed by atoms with van der Waals surface area (Å²) in [5, 5.41) is 5.96. The van der Waals surface area contributed by atoms with E-state index in [2.05, 4.69) is 20.6 Å². The molecule has 4 N–H and O–H groups in total. The van der Waals surface area contributed by atoms with E-state index in [1.165, 1.54) is 0 Å². The number of nitrogens with zero attached hydrogens (tertiary/aromatic N) is 2. The van der Waals surface area contributed by atoms with Gasteiger partial charge in [0.05, 0.1) is 21.8 Å². The van der Waals surface area contributed by atoms with E-state index in [1.807, 2.05) is 48.5 Å². The molecule has 0 aliphatic carbocycles. The van der Waals surface area contributed by atoms with Crippen molar-refractivity contribution in [2.75, 3.05) is 6.54 Å². The Hall–Kier alpha value is -3.03. The van der Waals surface area contributed by atoms with Crippen molar-refractivity contribution in [3.63, 3.8) is 0 Å². The Labute approximate surface area is 154 Å². The summed E-state index contributed by atoms with van der Waals surface area (Å²) in [6, 6.07) is 15.6. The topological polar surface area (TPSA) is 92.4 Å². The molecular formula is C19H17N5OS. The van der Waals surface area contributed by atoms with E-state index < -0.39 is 0 Å². The number of fused-ring (bicyclic) bond motifs is 1. The zero-order valence-electron chi connectivity index (χ0n) is 13.8. The Bertz CT molecular complexity index is 1010. The van der Waals surface area contributed by atoms with Gasteiger partial charge in [0.2, 0.25) is 5.96 Å². The van der Waals surface area contributed by atoms with Crippen molar-refractivity contribution >= 4 is 39.5 Å². The molecule has 6 nitrogen and oxygen atoms in total. The summed E-state index contributed by atoms with van der Waals surface area (Å²) in [6.07, 6.45) is 1.77.